The van der Waals surface area contributed by atoms with Gasteiger partial charge in [-0.15, -0.1) is 5.10 Å². The molecule has 1 aromatic rings. The third-order valence-electron chi connectivity index (χ3n) is 2.07. The maximum atomic E-state index is 10.2. The van der Waals surface area contributed by atoms with Crippen LogP contribution in [0, 0.1) is 0 Å². The van der Waals surface area contributed by atoms with Crippen LogP contribution in [0.3, 0.4) is 0 Å². The summed E-state index contributed by atoms with van der Waals surface area (Å²) in [7, 11) is 3.04. The lowest BCUT2D eigenvalue weighted by atomic mass is 10.4. The van der Waals surface area contributed by atoms with E-state index >= 15 is 0 Å². The van der Waals surface area contributed by atoms with Crippen molar-refractivity contribution in [1.29, 1.82) is 0 Å². The average Bonchev–Trinajstić information content (AvgIpc) is 2.75. The molecule has 0 radical (unpaired) electrons. The molecule has 0 aromatic carbocycles. The van der Waals surface area contributed by atoms with Crippen molar-refractivity contribution in [2.75, 3.05) is 20.8 Å². The molecular formula is C9H16N4O4. The number of carboxylic acid groups (broad SMARTS) is 1. The number of hydrogen-bond donors (Lipinski definition) is 2. The van der Waals surface area contributed by atoms with Gasteiger partial charge in [0.1, 0.15) is 5.69 Å². The highest BCUT2D eigenvalue weighted by atomic mass is 16.7. The number of carbonyl (C=O) groups is 1. The van der Waals surface area contributed by atoms with Gasteiger partial charge in [0.2, 0.25) is 6.29 Å². The van der Waals surface area contributed by atoms with Crippen LogP contribution in [0.25, 0.3) is 0 Å². The molecule has 0 aliphatic rings. The van der Waals surface area contributed by atoms with Crippen LogP contribution in [0.15, 0.2) is 6.20 Å². The van der Waals surface area contributed by atoms with Crippen LogP contribution in [0.4, 0.5) is 4.79 Å². The van der Waals surface area contributed by atoms with Gasteiger partial charge in [-0.25, -0.2) is 4.79 Å². The Hall–Kier alpha value is -1.67. The second-order valence-corrected chi connectivity index (χ2v) is 3.30. The topological polar surface area (TPSA) is 98.5 Å². The van der Waals surface area contributed by atoms with Crippen molar-refractivity contribution in [3.8, 4) is 0 Å². The molecule has 17 heavy (non-hydrogen) atoms. The normalized spacial score (nSPS) is 10.8. The Morgan fingerprint density at radius 1 is 1.59 bits per heavy atom. The first kappa shape index (κ1) is 13.4. The monoisotopic (exact) mass is 244 g/mol. The van der Waals surface area contributed by atoms with E-state index in [1.165, 1.54) is 14.2 Å². The molecule has 1 aromatic heterocycles. The third-order valence-corrected chi connectivity index (χ3v) is 2.07. The molecule has 0 saturated heterocycles. The highest BCUT2D eigenvalue weighted by Crippen LogP contribution is 2.13. The van der Waals surface area contributed by atoms with Crippen molar-refractivity contribution in [2.24, 2.45) is 0 Å². The Balaban J connectivity index is 2.37. The standard InChI is InChI=1S/C9H16N4O4/c1-16-8(17-2)7-6-13(12-11-7)5-3-4-10-9(14)15/h6,8,10H,3-5H2,1-2H3,(H,14,15). The second kappa shape index (κ2) is 6.81. The first-order valence-electron chi connectivity index (χ1n) is 5.09. The molecule has 96 valence electrons. The molecule has 2 N–H and O–H groups in total. The fourth-order valence-corrected chi connectivity index (χ4v) is 1.30. The first-order valence-corrected chi connectivity index (χ1v) is 5.09. The zero-order valence-electron chi connectivity index (χ0n) is 9.79. The summed E-state index contributed by atoms with van der Waals surface area (Å²) in [6, 6.07) is 0. The van der Waals surface area contributed by atoms with E-state index in [-0.39, 0.29) is 0 Å². The Morgan fingerprint density at radius 3 is 2.88 bits per heavy atom. The van der Waals surface area contributed by atoms with E-state index in [9.17, 15) is 4.79 Å². The summed E-state index contributed by atoms with van der Waals surface area (Å²) in [6.45, 7) is 0.954. The van der Waals surface area contributed by atoms with Crippen LogP contribution < -0.4 is 5.32 Å². The molecule has 1 heterocycles. The fourth-order valence-electron chi connectivity index (χ4n) is 1.30. The molecule has 0 bridgehead atoms. The van der Waals surface area contributed by atoms with Crippen molar-refractivity contribution in [2.45, 2.75) is 19.3 Å². The predicted molar refractivity (Wildman–Crippen MR) is 57.4 cm³/mol. The summed E-state index contributed by atoms with van der Waals surface area (Å²) in [6.07, 6.45) is 0.794. The van der Waals surface area contributed by atoms with Crippen LogP contribution in [0.1, 0.15) is 18.4 Å². The van der Waals surface area contributed by atoms with Gasteiger partial charge in [-0.05, 0) is 6.42 Å². The van der Waals surface area contributed by atoms with Gasteiger partial charge < -0.3 is 19.9 Å². The van der Waals surface area contributed by atoms with E-state index in [0.717, 1.165) is 0 Å². The van der Waals surface area contributed by atoms with E-state index in [1.54, 1.807) is 10.9 Å². The molecule has 0 spiro atoms. The summed E-state index contributed by atoms with van der Waals surface area (Å²) in [5, 5.41) is 18.4. The van der Waals surface area contributed by atoms with Crippen LogP contribution in [-0.4, -0.2) is 47.0 Å². The van der Waals surface area contributed by atoms with E-state index in [4.69, 9.17) is 14.6 Å². The van der Waals surface area contributed by atoms with Gasteiger partial charge >= 0.3 is 6.09 Å². The lowest BCUT2D eigenvalue weighted by Crippen LogP contribution is -2.22. The molecule has 8 nitrogen and oxygen atoms in total. The van der Waals surface area contributed by atoms with Crippen molar-refractivity contribution >= 4 is 6.09 Å². The highest BCUT2D eigenvalue weighted by Gasteiger charge is 2.13. The summed E-state index contributed by atoms with van der Waals surface area (Å²) < 4.78 is 11.7. The van der Waals surface area contributed by atoms with E-state index < -0.39 is 12.4 Å². The molecule has 0 fully saturated rings. The zero-order chi connectivity index (χ0) is 12.7. The first-order chi connectivity index (χ1) is 8.17. The van der Waals surface area contributed by atoms with Crippen LogP contribution in [0.5, 0.6) is 0 Å². The van der Waals surface area contributed by atoms with Crippen LogP contribution in [0.2, 0.25) is 0 Å². The number of aromatic nitrogens is 3. The largest absolute Gasteiger partial charge is 0.465 e. The number of nitrogens with one attached hydrogen (secondary N) is 1. The van der Waals surface area contributed by atoms with Crippen LogP contribution >= 0.6 is 0 Å². The number of rotatable bonds is 7. The average molecular weight is 244 g/mol. The molecule has 1 rings (SSSR count). The molecule has 0 aliphatic heterocycles. The Bertz CT molecular complexity index is 351. The summed E-state index contributed by atoms with van der Waals surface area (Å²) >= 11 is 0. The van der Waals surface area contributed by atoms with Crippen LogP contribution in [-0.2, 0) is 16.0 Å². The van der Waals surface area contributed by atoms with E-state index in [1.807, 2.05) is 0 Å². The van der Waals surface area contributed by atoms with Gasteiger partial charge in [-0.3, -0.25) is 4.68 Å². The number of hydrogen-bond acceptors (Lipinski definition) is 5. The van der Waals surface area contributed by atoms with E-state index in [2.05, 4.69) is 15.6 Å². The second-order valence-electron chi connectivity index (χ2n) is 3.30. The highest BCUT2D eigenvalue weighted by molar-refractivity contribution is 5.64. The minimum Gasteiger partial charge on any atom is -0.465 e. The van der Waals surface area contributed by atoms with Crippen molar-refractivity contribution in [3.63, 3.8) is 0 Å². The maximum absolute atomic E-state index is 10.2. The quantitative estimate of drug-likeness (QED) is 0.526. The third kappa shape index (κ3) is 4.37. The summed E-state index contributed by atoms with van der Waals surface area (Å²) in [4.78, 5) is 10.2. The molecule has 8 heteroatoms. The van der Waals surface area contributed by atoms with Gasteiger partial charge in [0, 0.05) is 27.3 Å². The number of amides is 1. The van der Waals surface area contributed by atoms with Gasteiger partial charge in [0.05, 0.1) is 6.20 Å². The lowest BCUT2D eigenvalue weighted by molar-refractivity contribution is -0.108. The minimum atomic E-state index is -1.02. The maximum Gasteiger partial charge on any atom is 0.404 e. The van der Waals surface area contributed by atoms with Crippen molar-refractivity contribution in [1.82, 2.24) is 20.3 Å². The minimum absolute atomic E-state index is 0.377. The number of nitrogens with zero attached hydrogens (tertiary/aromatic N) is 3. The number of ether oxygens (including phenoxy) is 2. The summed E-state index contributed by atoms with van der Waals surface area (Å²) in [5.74, 6) is 0. The van der Waals surface area contributed by atoms with Gasteiger partial charge in [-0.1, -0.05) is 5.21 Å². The Morgan fingerprint density at radius 2 is 2.29 bits per heavy atom. The Labute approximate surface area is 98.5 Å². The summed E-state index contributed by atoms with van der Waals surface area (Å²) in [5.41, 5.74) is 0.584. The predicted octanol–water partition coefficient (Wildman–Crippen LogP) is 0.227. The molecule has 0 atom stereocenters. The molecule has 0 aliphatic carbocycles. The van der Waals surface area contributed by atoms with Gasteiger partial charge in [-0.2, -0.15) is 0 Å². The van der Waals surface area contributed by atoms with Gasteiger partial charge in [0.15, 0.2) is 0 Å². The van der Waals surface area contributed by atoms with E-state index in [0.29, 0.717) is 25.2 Å². The number of methoxy groups -OCH3 is 2. The molecule has 0 saturated carbocycles. The number of aryl methyl sites for hydroxylation is 1. The molecule has 1 amide bonds. The van der Waals surface area contributed by atoms with Crippen molar-refractivity contribution < 1.29 is 19.4 Å². The molecular weight excluding hydrogens is 228 g/mol. The van der Waals surface area contributed by atoms with Gasteiger partial charge in [0.25, 0.3) is 0 Å². The van der Waals surface area contributed by atoms with Crippen molar-refractivity contribution in [3.05, 3.63) is 11.9 Å². The lowest BCUT2D eigenvalue weighted by Gasteiger charge is -2.08. The SMILES string of the molecule is COC(OC)c1cn(CCCNC(=O)O)nn1. The molecule has 0 unspecified atom stereocenters. The smallest absolute Gasteiger partial charge is 0.404 e. The fraction of sp³-hybridized carbons (Fsp3) is 0.667. The Kier molecular flexibility index (Phi) is 5.37. The zero-order valence-corrected chi connectivity index (χ0v) is 9.79.